The third-order valence-corrected chi connectivity index (χ3v) is 6.52. The molecule has 0 saturated carbocycles. The van der Waals surface area contributed by atoms with Crippen molar-refractivity contribution < 1.29 is 9.84 Å². The van der Waals surface area contributed by atoms with Crippen molar-refractivity contribution in [2.75, 3.05) is 19.6 Å². The van der Waals surface area contributed by atoms with Gasteiger partial charge in [-0.2, -0.15) is 0 Å². The predicted octanol–water partition coefficient (Wildman–Crippen LogP) is 3.84. The number of fused-ring (bicyclic) bond motifs is 2. The first-order valence-electron chi connectivity index (χ1n) is 10.3. The number of ether oxygens (including phenoxy) is 1. The van der Waals surface area contributed by atoms with E-state index < -0.39 is 11.7 Å². The summed E-state index contributed by atoms with van der Waals surface area (Å²) in [6.07, 6.45) is 1.78. The summed E-state index contributed by atoms with van der Waals surface area (Å²) in [6.45, 7) is 11.2. The Balaban J connectivity index is 1.71. The van der Waals surface area contributed by atoms with Crippen molar-refractivity contribution in [1.82, 2.24) is 15.2 Å². The van der Waals surface area contributed by atoms with E-state index in [1.54, 1.807) is 0 Å². The lowest BCUT2D eigenvalue weighted by Crippen LogP contribution is -2.54. The highest BCUT2D eigenvalue weighted by atomic mass is 35.5. The van der Waals surface area contributed by atoms with E-state index in [2.05, 4.69) is 22.1 Å². The molecule has 3 unspecified atom stereocenters. The van der Waals surface area contributed by atoms with Gasteiger partial charge in [-0.15, -0.1) is 0 Å². The molecule has 2 aliphatic rings. The van der Waals surface area contributed by atoms with Gasteiger partial charge in [-0.05, 0) is 70.5 Å². The van der Waals surface area contributed by atoms with E-state index in [1.165, 1.54) is 12.8 Å². The first kappa shape index (κ1) is 19.9. The summed E-state index contributed by atoms with van der Waals surface area (Å²) in [4.78, 5) is 7.01. The molecule has 2 aliphatic heterocycles. The number of pyridine rings is 1. The third kappa shape index (κ3) is 3.50. The molecule has 2 N–H and O–H groups in total. The zero-order valence-corrected chi connectivity index (χ0v) is 17.9. The second-order valence-electron chi connectivity index (χ2n) is 8.63. The Morgan fingerprint density at radius 1 is 1.36 bits per heavy atom. The number of likely N-dealkylation sites (tertiary alicyclic amines) is 1. The zero-order chi connectivity index (χ0) is 20.1. The number of aliphatic hydroxyl groups excluding tert-OH is 1. The van der Waals surface area contributed by atoms with Gasteiger partial charge >= 0.3 is 0 Å². The van der Waals surface area contributed by atoms with E-state index in [4.69, 9.17) is 16.3 Å². The van der Waals surface area contributed by atoms with Gasteiger partial charge in [0.15, 0.2) is 0 Å². The SMILES string of the molecule is CCN1CCCC1CNC1c2cc3nc(Cl)cc(C)c3cc2OC(C)(C)C1O. The van der Waals surface area contributed by atoms with Gasteiger partial charge in [0.2, 0.25) is 0 Å². The minimum Gasteiger partial charge on any atom is -0.485 e. The minimum absolute atomic E-state index is 0.205. The zero-order valence-electron chi connectivity index (χ0n) is 17.1. The van der Waals surface area contributed by atoms with Crippen LogP contribution in [0.25, 0.3) is 10.9 Å². The fourth-order valence-electron chi connectivity index (χ4n) is 4.67. The molecule has 2 aromatic rings. The number of benzene rings is 1. The predicted molar refractivity (Wildman–Crippen MR) is 113 cm³/mol. The van der Waals surface area contributed by atoms with E-state index in [1.807, 2.05) is 39.0 Å². The largest absolute Gasteiger partial charge is 0.485 e. The quantitative estimate of drug-likeness (QED) is 0.759. The Morgan fingerprint density at radius 3 is 2.89 bits per heavy atom. The molecule has 28 heavy (non-hydrogen) atoms. The van der Waals surface area contributed by atoms with Crippen LogP contribution in [-0.2, 0) is 0 Å². The monoisotopic (exact) mass is 403 g/mol. The molecule has 4 rings (SSSR count). The number of hydrogen-bond acceptors (Lipinski definition) is 5. The summed E-state index contributed by atoms with van der Waals surface area (Å²) in [7, 11) is 0. The highest BCUT2D eigenvalue weighted by Gasteiger charge is 2.43. The van der Waals surface area contributed by atoms with Gasteiger partial charge in [-0.3, -0.25) is 4.90 Å². The van der Waals surface area contributed by atoms with Gasteiger partial charge < -0.3 is 15.2 Å². The lowest BCUT2D eigenvalue weighted by atomic mass is 9.85. The Kier molecular flexibility index (Phi) is 5.29. The molecule has 5 nitrogen and oxygen atoms in total. The van der Waals surface area contributed by atoms with Gasteiger partial charge in [0.1, 0.15) is 22.6 Å². The van der Waals surface area contributed by atoms with Crippen LogP contribution < -0.4 is 10.1 Å². The maximum Gasteiger partial charge on any atom is 0.131 e. The number of rotatable bonds is 4. The molecule has 152 valence electrons. The van der Waals surface area contributed by atoms with Crippen LogP contribution in [0, 0.1) is 6.92 Å². The van der Waals surface area contributed by atoms with Crippen LogP contribution in [-0.4, -0.2) is 52.4 Å². The lowest BCUT2D eigenvalue weighted by molar-refractivity contribution is -0.0650. The average molecular weight is 404 g/mol. The molecular weight excluding hydrogens is 374 g/mol. The van der Waals surface area contributed by atoms with Gasteiger partial charge in [0.05, 0.1) is 11.6 Å². The van der Waals surface area contributed by atoms with E-state index in [0.29, 0.717) is 11.2 Å². The normalized spacial score (nSPS) is 27.0. The summed E-state index contributed by atoms with van der Waals surface area (Å²) in [6, 6.07) is 6.24. The van der Waals surface area contributed by atoms with Gasteiger partial charge in [0.25, 0.3) is 0 Å². The summed E-state index contributed by atoms with van der Waals surface area (Å²) >= 11 is 6.18. The van der Waals surface area contributed by atoms with E-state index in [-0.39, 0.29) is 6.04 Å². The number of aromatic nitrogens is 1. The second kappa shape index (κ2) is 7.45. The molecule has 1 aromatic heterocycles. The number of nitrogens with zero attached hydrogens (tertiary/aromatic N) is 2. The minimum atomic E-state index is -0.674. The van der Waals surface area contributed by atoms with Crippen LogP contribution in [0.5, 0.6) is 5.75 Å². The molecule has 0 aliphatic carbocycles. The van der Waals surface area contributed by atoms with Crippen LogP contribution in [0.4, 0.5) is 0 Å². The standard InChI is InChI=1S/C22H30ClN3O2/c1-5-26-8-6-7-14(26)12-24-20-16-10-17-15(13(2)9-19(23)25-17)11-18(16)28-22(3,4)21(20)27/h9-11,14,20-21,24,27H,5-8,12H2,1-4H3. The van der Waals surface area contributed by atoms with Crippen molar-refractivity contribution >= 4 is 22.5 Å². The van der Waals surface area contributed by atoms with Crippen molar-refractivity contribution in [2.24, 2.45) is 0 Å². The summed E-state index contributed by atoms with van der Waals surface area (Å²) < 4.78 is 6.21. The molecule has 1 aromatic carbocycles. The van der Waals surface area contributed by atoms with Gasteiger partial charge in [-0.25, -0.2) is 4.98 Å². The summed E-state index contributed by atoms with van der Waals surface area (Å²) in [5.74, 6) is 0.811. The molecule has 3 atom stereocenters. The van der Waals surface area contributed by atoms with Crippen molar-refractivity contribution in [3.05, 3.63) is 34.5 Å². The van der Waals surface area contributed by atoms with E-state index >= 15 is 0 Å². The molecule has 3 heterocycles. The molecule has 0 spiro atoms. The Labute approximate surface area is 172 Å². The third-order valence-electron chi connectivity index (χ3n) is 6.33. The Bertz CT molecular complexity index is 886. The van der Waals surface area contributed by atoms with Crippen LogP contribution in [0.1, 0.15) is 50.8 Å². The first-order valence-corrected chi connectivity index (χ1v) is 10.6. The highest BCUT2D eigenvalue weighted by Crippen LogP contribution is 2.42. The van der Waals surface area contributed by atoms with Crippen molar-refractivity contribution in [2.45, 2.75) is 64.3 Å². The number of aliphatic hydroxyl groups is 1. The van der Waals surface area contributed by atoms with Crippen molar-refractivity contribution in [1.29, 1.82) is 0 Å². The number of aryl methyl sites for hydroxylation is 1. The molecule has 0 bridgehead atoms. The molecule has 1 saturated heterocycles. The Hall–Kier alpha value is -1.40. The molecule has 0 radical (unpaired) electrons. The van der Waals surface area contributed by atoms with Crippen molar-refractivity contribution in [3.63, 3.8) is 0 Å². The fourth-order valence-corrected chi connectivity index (χ4v) is 4.93. The molecule has 1 fully saturated rings. The van der Waals surface area contributed by atoms with Crippen LogP contribution in [0.2, 0.25) is 5.15 Å². The Morgan fingerprint density at radius 2 is 2.14 bits per heavy atom. The summed E-state index contributed by atoms with van der Waals surface area (Å²) in [5, 5.41) is 16.2. The van der Waals surface area contributed by atoms with Gasteiger partial charge in [0, 0.05) is 23.5 Å². The van der Waals surface area contributed by atoms with Crippen LogP contribution in [0.15, 0.2) is 18.2 Å². The number of likely N-dealkylation sites (N-methyl/N-ethyl adjacent to an activating group) is 1. The average Bonchev–Trinajstić information content (AvgIpc) is 3.09. The second-order valence-corrected chi connectivity index (χ2v) is 9.02. The van der Waals surface area contributed by atoms with E-state index in [9.17, 15) is 5.11 Å². The number of nitrogens with one attached hydrogen (secondary N) is 1. The first-order chi connectivity index (χ1) is 13.3. The fraction of sp³-hybridized carbons (Fsp3) is 0.591. The number of hydrogen-bond donors (Lipinski definition) is 2. The highest BCUT2D eigenvalue weighted by molar-refractivity contribution is 6.29. The lowest BCUT2D eigenvalue weighted by Gasteiger charge is -2.43. The van der Waals surface area contributed by atoms with Crippen molar-refractivity contribution in [3.8, 4) is 5.75 Å². The molecular formula is C22H30ClN3O2. The topological polar surface area (TPSA) is 57.6 Å². The maximum atomic E-state index is 11.1. The maximum absolute atomic E-state index is 11.1. The van der Waals surface area contributed by atoms with E-state index in [0.717, 1.165) is 47.4 Å². The van der Waals surface area contributed by atoms with Gasteiger partial charge in [-0.1, -0.05) is 18.5 Å². The molecule has 0 amide bonds. The summed E-state index contributed by atoms with van der Waals surface area (Å²) in [5.41, 5.74) is 2.18. The smallest absolute Gasteiger partial charge is 0.131 e. The number of halogens is 1. The van der Waals surface area contributed by atoms with Crippen LogP contribution >= 0.6 is 11.6 Å². The van der Waals surface area contributed by atoms with Crippen LogP contribution in [0.3, 0.4) is 0 Å². The molecule has 6 heteroatoms.